The maximum Gasteiger partial charge on any atom is 0.131 e. The van der Waals surface area contributed by atoms with E-state index in [0.717, 1.165) is 34.6 Å². The Morgan fingerprint density at radius 3 is 2.80 bits per heavy atom. The quantitative estimate of drug-likeness (QED) is 0.943. The van der Waals surface area contributed by atoms with E-state index < -0.39 is 0 Å². The molecule has 20 heavy (non-hydrogen) atoms. The highest BCUT2D eigenvalue weighted by atomic mass is 35.5. The Bertz CT molecular complexity index is 642. The van der Waals surface area contributed by atoms with Gasteiger partial charge in [0.2, 0.25) is 0 Å². The third kappa shape index (κ3) is 2.23. The lowest BCUT2D eigenvalue weighted by molar-refractivity contribution is 0.242. The number of nitrogens with two attached hydrogens (primary N) is 1. The van der Waals surface area contributed by atoms with Gasteiger partial charge >= 0.3 is 0 Å². The normalized spacial score (nSPS) is 16.6. The minimum absolute atomic E-state index is 0.0262. The van der Waals surface area contributed by atoms with Crippen molar-refractivity contribution in [3.8, 4) is 22.6 Å². The molecule has 3 rings (SSSR count). The van der Waals surface area contributed by atoms with Gasteiger partial charge in [0.25, 0.3) is 0 Å². The number of rotatable bonds is 3. The van der Waals surface area contributed by atoms with Gasteiger partial charge in [-0.05, 0) is 18.2 Å². The van der Waals surface area contributed by atoms with Gasteiger partial charge in [-0.25, -0.2) is 0 Å². The first-order chi connectivity index (χ1) is 9.72. The van der Waals surface area contributed by atoms with E-state index in [2.05, 4.69) is 0 Å². The van der Waals surface area contributed by atoms with Crippen molar-refractivity contribution in [1.82, 2.24) is 0 Å². The molecule has 0 saturated carbocycles. The van der Waals surface area contributed by atoms with Crippen molar-refractivity contribution >= 4 is 11.6 Å². The Morgan fingerprint density at radius 2 is 2.10 bits per heavy atom. The first kappa shape index (κ1) is 13.3. The van der Waals surface area contributed by atoms with Crippen LogP contribution < -0.4 is 15.2 Å². The number of hydrogen-bond acceptors (Lipinski definition) is 3. The first-order valence-corrected chi connectivity index (χ1v) is 6.93. The fourth-order valence-electron chi connectivity index (χ4n) is 2.53. The van der Waals surface area contributed by atoms with Crippen LogP contribution in [0.1, 0.15) is 5.56 Å². The van der Waals surface area contributed by atoms with Gasteiger partial charge in [0.05, 0.1) is 7.11 Å². The molecule has 2 aromatic rings. The molecule has 1 aliphatic rings. The average molecular weight is 290 g/mol. The third-order valence-electron chi connectivity index (χ3n) is 3.53. The minimum atomic E-state index is 0.0262. The number of benzene rings is 2. The van der Waals surface area contributed by atoms with Crippen LogP contribution in [0.5, 0.6) is 11.5 Å². The van der Waals surface area contributed by atoms with E-state index in [0.29, 0.717) is 11.6 Å². The van der Waals surface area contributed by atoms with Gasteiger partial charge < -0.3 is 15.2 Å². The zero-order chi connectivity index (χ0) is 14.1. The molecule has 1 heterocycles. The lowest BCUT2D eigenvalue weighted by Gasteiger charge is -2.13. The predicted octanol–water partition coefficient (Wildman–Crippen LogP) is 3.28. The van der Waals surface area contributed by atoms with Crippen molar-refractivity contribution in [3.05, 3.63) is 47.0 Å². The molecule has 104 valence electrons. The number of hydrogen-bond donors (Lipinski definition) is 1. The summed E-state index contributed by atoms with van der Waals surface area (Å²) in [5.41, 5.74) is 8.75. The molecule has 2 N–H and O–H groups in total. The fourth-order valence-corrected chi connectivity index (χ4v) is 2.77. The van der Waals surface area contributed by atoms with Crippen LogP contribution in [0, 0.1) is 0 Å². The van der Waals surface area contributed by atoms with Crippen molar-refractivity contribution in [2.24, 2.45) is 5.73 Å². The van der Waals surface area contributed by atoms with Crippen molar-refractivity contribution in [2.45, 2.75) is 12.5 Å². The highest BCUT2D eigenvalue weighted by molar-refractivity contribution is 6.33. The lowest BCUT2D eigenvalue weighted by atomic mass is 10.00. The van der Waals surface area contributed by atoms with E-state index in [-0.39, 0.29) is 6.10 Å². The molecule has 1 atom stereocenters. The van der Waals surface area contributed by atoms with E-state index in [1.165, 1.54) is 0 Å². The molecule has 0 aliphatic carbocycles. The lowest BCUT2D eigenvalue weighted by Crippen LogP contribution is -2.24. The second kappa shape index (κ2) is 5.35. The topological polar surface area (TPSA) is 44.5 Å². The molecular formula is C16H16ClNO2. The van der Waals surface area contributed by atoms with Crippen LogP contribution in [0.2, 0.25) is 5.02 Å². The summed E-state index contributed by atoms with van der Waals surface area (Å²) in [7, 11) is 1.66. The Labute approximate surface area is 123 Å². The Kier molecular flexibility index (Phi) is 3.55. The molecule has 3 nitrogen and oxygen atoms in total. The van der Waals surface area contributed by atoms with Crippen LogP contribution in [0.25, 0.3) is 11.1 Å². The predicted molar refractivity (Wildman–Crippen MR) is 80.6 cm³/mol. The van der Waals surface area contributed by atoms with Crippen LogP contribution in [0.4, 0.5) is 0 Å². The van der Waals surface area contributed by atoms with Crippen molar-refractivity contribution in [2.75, 3.05) is 13.7 Å². The smallest absolute Gasteiger partial charge is 0.131 e. The standard InChI is InChI=1S/C16H16ClNO2/c1-19-11-6-10-7-12(9-18)20-16(10)14(8-11)13-4-2-3-5-15(13)17/h2-6,8,12H,7,9,18H2,1H3. The fraction of sp³-hybridized carbons (Fsp3) is 0.250. The molecule has 0 amide bonds. The molecule has 4 heteroatoms. The molecule has 0 bridgehead atoms. The Balaban J connectivity index is 2.16. The van der Waals surface area contributed by atoms with E-state index in [4.69, 9.17) is 26.8 Å². The highest BCUT2D eigenvalue weighted by Gasteiger charge is 2.26. The van der Waals surface area contributed by atoms with Gasteiger partial charge in [0.1, 0.15) is 17.6 Å². The third-order valence-corrected chi connectivity index (χ3v) is 3.86. The van der Waals surface area contributed by atoms with Crippen LogP contribution in [0.3, 0.4) is 0 Å². The minimum Gasteiger partial charge on any atom is -0.497 e. The number of fused-ring (bicyclic) bond motifs is 1. The molecule has 0 aromatic heterocycles. The monoisotopic (exact) mass is 289 g/mol. The molecule has 1 aliphatic heterocycles. The molecule has 2 aromatic carbocycles. The largest absolute Gasteiger partial charge is 0.497 e. The molecule has 0 spiro atoms. The highest BCUT2D eigenvalue weighted by Crippen LogP contribution is 2.43. The van der Waals surface area contributed by atoms with Gasteiger partial charge in [-0.15, -0.1) is 0 Å². The van der Waals surface area contributed by atoms with Gasteiger partial charge in [0, 0.05) is 34.7 Å². The first-order valence-electron chi connectivity index (χ1n) is 6.55. The maximum atomic E-state index is 6.31. The molecule has 0 saturated heterocycles. The molecule has 0 radical (unpaired) electrons. The summed E-state index contributed by atoms with van der Waals surface area (Å²) in [5.74, 6) is 1.68. The second-order valence-electron chi connectivity index (χ2n) is 4.82. The summed E-state index contributed by atoms with van der Waals surface area (Å²) >= 11 is 6.31. The van der Waals surface area contributed by atoms with Crippen molar-refractivity contribution in [1.29, 1.82) is 0 Å². The van der Waals surface area contributed by atoms with Gasteiger partial charge in [0.15, 0.2) is 0 Å². The summed E-state index contributed by atoms with van der Waals surface area (Å²) in [6, 6.07) is 11.7. The van der Waals surface area contributed by atoms with E-state index in [1.807, 2.05) is 36.4 Å². The summed E-state index contributed by atoms with van der Waals surface area (Å²) in [4.78, 5) is 0. The summed E-state index contributed by atoms with van der Waals surface area (Å²) in [6.07, 6.45) is 0.832. The maximum absolute atomic E-state index is 6.31. The summed E-state index contributed by atoms with van der Waals surface area (Å²) in [6.45, 7) is 0.499. The van der Waals surface area contributed by atoms with E-state index in [1.54, 1.807) is 7.11 Å². The van der Waals surface area contributed by atoms with E-state index >= 15 is 0 Å². The van der Waals surface area contributed by atoms with Crippen LogP contribution in [-0.4, -0.2) is 19.8 Å². The Morgan fingerprint density at radius 1 is 1.30 bits per heavy atom. The second-order valence-corrected chi connectivity index (χ2v) is 5.23. The summed E-state index contributed by atoms with van der Waals surface area (Å²) < 4.78 is 11.3. The van der Waals surface area contributed by atoms with Crippen molar-refractivity contribution in [3.63, 3.8) is 0 Å². The number of methoxy groups -OCH3 is 1. The average Bonchev–Trinajstić information content (AvgIpc) is 2.90. The van der Waals surface area contributed by atoms with Crippen LogP contribution >= 0.6 is 11.6 Å². The number of ether oxygens (including phenoxy) is 2. The van der Waals surface area contributed by atoms with Crippen LogP contribution in [-0.2, 0) is 6.42 Å². The van der Waals surface area contributed by atoms with Gasteiger partial charge in [-0.1, -0.05) is 29.8 Å². The molecule has 0 fully saturated rings. The Hall–Kier alpha value is -1.71. The molecule has 1 unspecified atom stereocenters. The van der Waals surface area contributed by atoms with Crippen molar-refractivity contribution < 1.29 is 9.47 Å². The van der Waals surface area contributed by atoms with Gasteiger partial charge in [-0.3, -0.25) is 0 Å². The number of halogens is 1. The van der Waals surface area contributed by atoms with Crippen LogP contribution in [0.15, 0.2) is 36.4 Å². The SMILES string of the molecule is COc1cc2c(c(-c3ccccc3Cl)c1)OC(CN)C2. The van der Waals surface area contributed by atoms with E-state index in [9.17, 15) is 0 Å². The summed E-state index contributed by atoms with van der Waals surface area (Å²) in [5, 5.41) is 0.697. The zero-order valence-electron chi connectivity index (χ0n) is 11.2. The zero-order valence-corrected chi connectivity index (χ0v) is 12.0. The molecular weight excluding hydrogens is 274 g/mol. The van der Waals surface area contributed by atoms with Gasteiger partial charge in [-0.2, -0.15) is 0 Å².